The first-order valence-electron chi connectivity index (χ1n) is 8.00. The largest absolute Gasteiger partial charge is 0.366 e. The maximum Gasteiger partial charge on any atom is 0.241 e. The van der Waals surface area contributed by atoms with Crippen molar-refractivity contribution >= 4 is 28.3 Å². The van der Waals surface area contributed by atoms with Gasteiger partial charge in [0.2, 0.25) is 5.91 Å². The number of anilines is 2. The molecule has 1 aliphatic heterocycles. The van der Waals surface area contributed by atoms with E-state index in [0.29, 0.717) is 25.5 Å². The van der Waals surface area contributed by atoms with Crippen LogP contribution in [-0.2, 0) is 22.1 Å². The van der Waals surface area contributed by atoms with Crippen LogP contribution in [0.2, 0.25) is 0 Å². The van der Waals surface area contributed by atoms with Gasteiger partial charge in [-0.1, -0.05) is 12.1 Å². The SMILES string of the molecule is CN1CCN(c2cc(NCc3ccc(S(C)=O)cc3)ncn2)CC1=O. The van der Waals surface area contributed by atoms with E-state index in [2.05, 4.69) is 15.3 Å². The Hall–Kier alpha value is -2.48. The van der Waals surface area contributed by atoms with Crippen molar-refractivity contribution in [3.05, 3.63) is 42.2 Å². The van der Waals surface area contributed by atoms with Crippen molar-refractivity contribution in [1.82, 2.24) is 14.9 Å². The van der Waals surface area contributed by atoms with Crippen LogP contribution in [0.4, 0.5) is 11.6 Å². The molecule has 2 aromatic rings. The predicted molar refractivity (Wildman–Crippen MR) is 98.0 cm³/mol. The molecule has 1 unspecified atom stereocenters. The quantitative estimate of drug-likeness (QED) is 0.861. The van der Waals surface area contributed by atoms with Crippen molar-refractivity contribution in [2.45, 2.75) is 11.4 Å². The molecule has 1 saturated heterocycles. The Labute approximate surface area is 149 Å². The first kappa shape index (κ1) is 17.3. The van der Waals surface area contributed by atoms with Crippen LogP contribution in [-0.4, -0.2) is 57.9 Å². The lowest BCUT2D eigenvalue weighted by molar-refractivity contribution is -0.129. The molecule has 7 nitrogen and oxygen atoms in total. The van der Waals surface area contributed by atoms with Gasteiger partial charge in [-0.05, 0) is 17.7 Å². The molecule has 2 heterocycles. The Morgan fingerprint density at radius 2 is 1.96 bits per heavy atom. The average molecular weight is 359 g/mol. The van der Waals surface area contributed by atoms with E-state index >= 15 is 0 Å². The van der Waals surface area contributed by atoms with E-state index in [4.69, 9.17) is 0 Å². The normalized spacial score (nSPS) is 16.0. The van der Waals surface area contributed by atoms with Gasteiger partial charge in [0, 0.05) is 54.7 Å². The minimum Gasteiger partial charge on any atom is -0.366 e. The van der Waals surface area contributed by atoms with Gasteiger partial charge in [-0.25, -0.2) is 9.97 Å². The molecule has 8 heteroatoms. The summed E-state index contributed by atoms with van der Waals surface area (Å²) in [6, 6.07) is 9.49. The highest BCUT2D eigenvalue weighted by atomic mass is 32.2. The Bertz CT molecular complexity index is 781. The average Bonchev–Trinajstić information content (AvgIpc) is 2.63. The zero-order valence-electron chi connectivity index (χ0n) is 14.3. The van der Waals surface area contributed by atoms with Gasteiger partial charge in [-0.2, -0.15) is 0 Å². The second-order valence-electron chi connectivity index (χ2n) is 5.95. The van der Waals surface area contributed by atoms with Crippen molar-refractivity contribution < 1.29 is 9.00 Å². The Morgan fingerprint density at radius 3 is 2.64 bits per heavy atom. The van der Waals surface area contributed by atoms with Gasteiger partial charge in [0.25, 0.3) is 0 Å². The summed E-state index contributed by atoms with van der Waals surface area (Å²) in [5.74, 6) is 1.54. The molecule has 1 aromatic heterocycles. The third-order valence-corrected chi connectivity index (χ3v) is 5.10. The standard InChI is InChI=1S/C17H21N5O2S/c1-21-7-8-22(11-17(21)23)16-9-15(19-12-20-16)18-10-13-3-5-14(6-4-13)25(2)24/h3-6,9,12H,7-8,10-11H2,1-2H3,(H,18,19,20). The number of benzene rings is 1. The summed E-state index contributed by atoms with van der Waals surface area (Å²) in [4.78, 5) is 24.9. The summed E-state index contributed by atoms with van der Waals surface area (Å²) in [6.07, 6.45) is 3.17. The number of carbonyl (C=O) groups is 1. The smallest absolute Gasteiger partial charge is 0.241 e. The van der Waals surface area contributed by atoms with Crippen molar-refractivity contribution in [2.75, 3.05) is 43.2 Å². The van der Waals surface area contributed by atoms with E-state index in [0.717, 1.165) is 22.8 Å². The fourth-order valence-corrected chi connectivity index (χ4v) is 3.08. The van der Waals surface area contributed by atoms with Crippen molar-refractivity contribution in [2.24, 2.45) is 0 Å². The van der Waals surface area contributed by atoms with Crippen LogP contribution >= 0.6 is 0 Å². The Morgan fingerprint density at radius 1 is 1.20 bits per heavy atom. The Kier molecular flexibility index (Phi) is 5.28. The number of hydrogen-bond donors (Lipinski definition) is 1. The van der Waals surface area contributed by atoms with E-state index in [1.807, 2.05) is 42.3 Å². The number of hydrogen-bond acceptors (Lipinski definition) is 6. The van der Waals surface area contributed by atoms with Gasteiger partial charge in [-0.3, -0.25) is 9.00 Å². The molecular formula is C17H21N5O2S. The summed E-state index contributed by atoms with van der Waals surface area (Å²) in [5.41, 5.74) is 1.07. The monoisotopic (exact) mass is 359 g/mol. The van der Waals surface area contributed by atoms with Crippen LogP contribution < -0.4 is 10.2 Å². The molecule has 1 aromatic carbocycles. The number of piperazine rings is 1. The molecule has 0 aliphatic carbocycles. The summed E-state index contributed by atoms with van der Waals surface area (Å²) in [5, 5.41) is 3.26. The summed E-state index contributed by atoms with van der Waals surface area (Å²) < 4.78 is 11.4. The molecule has 1 amide bonds. The molecule has 1 aliphatic rings. The van der Waals surface area contributed by atoms with E-state index in [9.17, 15) is 9.00 Å². The third-order valence-electron chi connectivity index (χ3n) is 4.16. The molecule has 0 spiro atoms. The van der Waals surface area contributed by atoms with Crippen molar-refractivity contribution in [3.8, 4) is 0 Å². The third kappa shape index (κ3) is 4.33. The highest BCUT2D eigenvalue weighted by Gasteiger charge is 2.22. The summed E-state index contributed by atoms with van der Waals surface area (Å²) in [6.45, 7) is 2.39. The van der Waals surface area contributed by atoms with Crippen LogP contribution in [0.15, 0.2) is 41.6 Å². The zero-order valence-corrected chi connectivity index (χ0v) is 15.1. The maximum atomic E-state index is 11.9. The van der Waals surface area contributed by atoms with Gasteiger partial charge >= 0.3 is 0 Å². The van der Waals surface area contributed by atoms with Crippen LogP contribution in [0.3, 0.4) is 0 Å². The first-order valence-corrected chi connectivity index (χ1v) is 9.56. The van der Waals surface area contributed by atoms with Crippen LogP contribution in [0.1, 0.15) is 5.56 Å². The van der Waals surface area contributed by atoms with E-state index < -0.39 is 10.8 Å². The number of rotatable bonds is 5. The number of nitrogens with zero attached hydrogens (tertiary/aromatic N) is 4. The van der Waals surface area contributed by atoms with Gasteiger partial charge in [0.1, 0.15) is 18.0 Å². The number of nitrogens with one attached hydrogen (secondary N) is 1. The summed E-state index contributed by atoms with van der Waals surface area (Å²) >= 11 is 0. The van der Waals surface area contributed by atoms with Gasteiger partial charge in [0.15, 0.2) is 0 Å². The zero-order chi connectivity index (χ0) is 17.8. The van der Waals surface area contributed by atoms with Crippen molar-refractivity contribution in [3.63, 3.8) is 0 Å². The molecule has 132 valence electrons. The van der Waals surface area contributed by atoms with E-state index in [-0.39, 0.29) is 5.91 Å². The number of aromatic nitrogens is 2. The molecule has 0 saturated carbocycles. The molecule has 1 fully saturated rings. The number of carbonyl (C=O) groups excluding carboxylic acids is 1. The highest BCUT2D eigenvalue weighted by molar-refractivity contribution is 7.84. The lowest BCUT2D eigenvalue weighted by atomic mass is 10.2. The lowest BCUT2D eigenvalue weighted by Crippen LogP contribution is -2.48. The lowest BCUT2D eigenvalue weighted by Gasteiger charge is -2.32. The summed E-state index contributed by atoms with van der Waals surface area (Å²) in [7, 11) is 0.845. The molecule has 25 heavy (non-hydrogen) atoms. The molecule has 0 bridgehead atoms. The van der Waals surface area contributed by atoms with Gasteiger partial charge in [0.05, 0.1) is 6.54 Å². The molecule has 1 N–H and O–H groups in total. The minimum absolute atomic E-state index is 0.0905. The van der Waals surface area contributed by atoms with E-state index in [1.54, 1.807) is 11.2 Å². The second-order valence-corrected chi connectivity index (χ2v) is 7.33. The number of likely N-dealkylation sites (N-methyl/N-ethyl adjacent to an activating group) is 1. The van der Waals surface area contributed by atoms with Gasteiger partial charge < -0.3 is 15.1 Å². The first-order chi connectivity index (χ1) is 12.0. The topological polar surface area (TPSA) is 78.4 Å². The highest BCUT2D eigenvalue weighted by Crippen LogP contribution is 2.17. The number of amides is 1. The second kappa shape index (κ2) is 7.60. The van der Waals surface area contributed by atoms with E-state index in [1.165, 1.54) is 6.33 Å². The van der Waals surface area contributed by atoms with Crippen LogP contribution in [0, 0.1) is 0 Å². The van der Waals surface area contributed by atoms with Crippen LogP contribution in [0.5, 0.6) is 0 Å². The Balaban J connectivity index is 1.63. The molecule has 0 radical (unpaired) electrons. The van der Waals surface area contributed by atoms with Crippen LogP contribution in [0.25, 0.3) is 0 Å². The van der Waals surface area contributed by atoms with Crippen molar-refractivity contribution in [1.29, 1.82) is 0 Å². The van der Waals surface area contributed by atoms with Gasteiger partial charge in [-0.15, -0.1) is 0 Å². The fraction of sp³-hybridized carbons (Fsp3) is 0.353. The molecule has 1 atom stereocenters. The minimum atomic E-state index is -0.966. The maximum absolute atomic E-state index is 11.9. The predicted octanol–water partition coefficient (Wildman–Crippen LogP) is 1.10. The molecule has 3 rings (SSSR count). The fourth-order valence-electron chi connectivity index (χ4n) is 2.56. The molecular weight excluding hydrogens is 338 g/mol.